The molecule has 0 aromatic heterocycles. The Morgan fingerprint density at radius 2 is 1.68 bits per heavy atom. The maximum Gasteiger partial charge on any atom is 0.303 e. The molecule has 160 valence electrons. The summed E-state index contributed by atoms with van der Waals surface area (Å²) < 4.78 is 18.9. The number of rotatable bonds is 6. The van der Waals surface area contributed by atoms with Crippen LogP contribution < -0.4 is 0 Å². The normalized spacial score (nSPS) is 16.2. The number of hydrogen-bond donors (Lipinski definition) is 0. The van der Waals surface area contributed by atoms with E-state index in [2.05, 4.69) is 4.90 Å². The lowest BCUT2D eigenvalue weighted by molar-refractivity contribution is -0.150. The predicted octanol–water partition coefficient (Wildman–Crippen LogP) is 5.18. The summed E-state index contributed by atoms with van der Waals surface area (Å²) >= 11 is 0. The van der Waals surface area contributed by atoms with Crippen molar-refractivity contribution in [2.75, 3.05) is 19.6 Å². The quantitative estimate of drug-likeness (QED) is 0.408. The lowest BCUT2D eigenvalue weighted by atomic mass is 9.87. The van der Waals surface area contributed by atoms with E-state index < -0.39 is 6.10 Å². The van der Waals surface area contributed by atoms with Gasteiger partial charge in [-0.1, -0.05) is 48.5 Å². The number of halogens is 1. The summed E-state index contributed by atoms with van der Waals surface area (Å²) in [5.41, 5.74) is 1.53. The minimum Gasteiger partial charge on any atom is -0.457 e. The van der Waals surface area contributed by atoms with Crippen LogP contribution in [0.2, 0.25) is 0 Å². The number of likely N-dealkylation sites (tertiary alicyclic amines) is 1. The van der Waals surface area contributed by atoms with Crippen LogP contribution in [-0.4, -0.2) is 36.3 Å². The minimum absolute atomic E-state index is 0.110. The van der Waals surface area contributed by atoms with Crippen molar-refractivity contribution in [1.29, 1.82) is 0 Å². The second kappa shape index (κ2) is 9.40. The molecular formula is C26H26FNO3. The van der Waals surface area contributed by atoms with Crippen molar-refractivity contribution in [3.05, 3.63) is 83.7 Å². The second-order valence-corrected chi connectivity index (χ2v) is 8.18. The second-order valence-electron chi connectivity index (χ2n) is 8.18. The van der Waals surface area contributed by atoms with E-state index in [-0.39, 0.29) is 23.5 Å². The van der Waals surface area contributed by atoms with Crippen LogP contribution in [0.25, 0.3) is 10.8 Å². The molecule has 5 heteroatoms. The molecule has 0 saturated carbocycles. The number of fused-ring (bicyclic) bond motifs is 1. The summed E-state index contributed by atoms with van der Waals surface area (Å²) in [7, 11) is 0. The number of benzene rings is 3. The van der Waals surface area contributed by atoms with Crippen molar-refractivity contribution in [1.82, 2.24) is 4.90 Å². The zero-order chi connectivity index (χ0) is 21.8. The number of carbonyl (C=O) groups excluding carboxylic acids is 2. The topological polar surface area (TPSA) is 46.6 Å². The Labute approximate surface area is 181 Å². The fourth-order valence-corrected chi connectivity index (χ4v) is 4.34. The van der Waals surface area contributed by atoms with Crippen molar-refractivity contribution in [3.63, 3.8) is 0 Å². The van der Waals surface area contributed by atoms with Crippen LogP contribution in [0.15, 0.2) is 66.7 Å². The van der Waals surface area contributed by atoms with E-state index in [0.29, 0.717) is 6.54 Å². The summed E-state index contributed by atoms with van der Waals surface area (Å²) in [4.78, 5) is 26.6. The fourth-order valence-electron chi connectivity index (χ4n) is 4.34. The Balaban J connectivity index is 1.39. The number of ketones is 1. The summed E-state index contributed by atoms with van der Waals surface area (Å²) in [5, 5.41) is 2.19. The van der Waals surface area contributed by atoms with Crippen molar-refractivity contribution in [2.24, 2.45) is 5.92 Å². The standard InChI is InChI=1S/C26H26FNO3/c1-18(29)31-26(20-8-10-24(27)11-9-20)21-12-14-28(15-13-21)17-25(30)23-7-6-19-4-2-3-5-22(19)16-23/h2-11,16,21,26H,12-15,17H2,1H3. The monoisotopic (exact) mass is 419 g/mol. The molecule has 3 aromatic rings. The van der Waals surface area contributed by atoms with E-state index >= 15 is 0 Å². The average Bonchev–Trinajstić information content (AvgIpc) is 2.78. The lowest BCUT2D eigenvalue weighted by Crippen LogP contribution is -2.39. The van der Waals surface area contributed by atoms with Gasteiger partial charge in [0.15, 0.2) is 5.78 Å². The molecule has 1 heterocycles. The van der Waals surface area contributed by atoms with Gasteiger partial charge in [0.1, 0.15) is 11.9 Å². The molecule has 0 radical (unpaired) electrons. The maximum absolute atomic E-state index is 13.3. The highest BCUT2D eigenvalue weighted by Crippen LogP contribution is 2.34. The minimum atomic E-state index is -0.392. The number of piperidine rings is 1. The summed E-state index contributed by atoms with van der Waals surface area (Å²) in [6.45, 7) is 3.28. The molecule has 31 heavy (non-hydrogen) atoms. The van der Waals surface area contributed by atoms with E-state index in [1.807, 2.05) is 42.5 Å². The average molecular weight is 419 g/mol. The van der Waals surface area contributed by atoms with Crippen LogP contribution in [0.3, 0.4) is 0 Å². The van der Waals surface area contributed by atoms with Crippen molar-refractivity contribution < 1.29 is 18.7 Å². The molecule has 1 unspecified atom stereocenters. The molecule has 1 atom stereocenters. The van der Waals surface area contributed by atoms with Gasteiger partial charge in [0.2, 0.25) is 0 Å². The number of ether oxygens (including phenoxy) is 1. The predicted molar refractivity (Wildman–Crippen MR) is 118 cm³/mol. The Kier molecular flexibility index (Phi) is 6.42. The molecule has 4 rings (SSSR count). The van der Waals surface area contributed by atoms with Crippen LogP contribution >= 0.6 is 0 Å². The van der Waals surface area contributed by atoms with Crippen LogP contribution in [-0.2, 0) is 9.53 Å². The zero-order valence-electron chi connectivity index (χ0n) is 17.6. The number of carbonyl (C=O) groups is 2. The molecule has 0 bridgehead atoms. The van der Waals surface area contributed by atoms with Gasteiger partial charge in [-0.3, -0.25) is 14.5 Å². The molecule has 4 nitrogen and oxygen atoms in total. The molecular weight excluding hydrogens is 393 g/mol. The first-order chi connectivity index (χ1) is 15.0. The highest BCUT2D eigenvalue weighted by Gasteiger charge is 2.30. The van der Waals surface area contributed by atoms with Gasteiger partial charge >= 0.3 is 5.97 Å². The van der Waals surface area contributed by atoms with Gasteiger partial charge in [-0.15, -0.1) is 0 Å². The van der Waals surface area contributed by atoms with Crippen molar-refractivity contribution >= 4 is 22.5 Å². The Morgan fingerprint density at radius 3 is 2.35 bits per heavy atom. The van der Waals surface area contributed by atoms with Crippen LogP contribution in [0.5, 0.6) is 0 Å². The largest absolute Gasteiger partial charge is 0.457 e. The number of hydrogen-bond acceptors (Lipinski definition) is 4. The van der Waals surface area contributed by atoms with Gasteiger partial charge in [0.05, 0.1) is 6.54 Å². The van der Waals surface area contributed by atoms with E-state index in [1.54, 1.807) is 12.1 Å². The molecule has 0 aliphatic carbocycles. The molecule has 1 aliphatic heterocycles. The van der Waals surface area contributed by atoms with Gasteiger partial charge in [-0.25, -0.2) is 4.39 Å². The molecule has 3 aromatic carbocycles. The molecule has 0 amide bonds. The fraction of sp³-hybridized carbons (Fsp3) is 0.308. The molecule has 1 fully saturated rings. The Hall–Kier alpha value is -3.05. The van der Waals surface area contributed by atoms with Crippen LogP contribution in [0.1, 0.15) is 41.8 Å². The molecule has 1 aliphatic rings. The van der Waals surface area contributed by atoms with E-state index in [0.717, 1.165) is 47.8 Å². The summed E-state index contributed by atoms with van der Waals surface area (Å²) in [6.07, 6.45) is 1.22. The summed E-state index contributed by atoms with van der Waals surface area (Å²) in [5.74, 6) is -0.406. The van der Waals surface area contributed by atoms with Crippen molar-refractivity contribution in [2.45, 2.75) is 25.9 Å². The number of esters is 1. The van der Waals surface area contributed by atoms with E-state index in [9.17, 15) is 14.0 Å². The third kappa shape index (κ3) is 5.17. The highest BCUT2D eigenvalue weighted by molar-refractivity contribution is 6.01. The molecule has 0 N–H and O–H groups in total. The van der Waals surface area contributed by atoms with E-state index in [1.165, 1.54) is 19.1 Å². The maximum atomic E-state index is 13.3. The molecule has 1 saturated heterocycles. The van der Waals surface area contributed by atoms with Gasteiger partial charge in [-0.05, 0) is 60.5 Å². The van der Waals surface area contributed by atoms with Crippen LogP contribution in [0.4, 0.5) is 4.39 Å². The first-order valence-corrected chi connectivity index (χ1v) is 10.7. The van der Waals surface area contributed by atoms with Gasteiger partial charge in [0, 0.05) is 18.4 Å². The number of nitrogens with zero attached hydrogens (tertiary/aromatic N) is 1. The first-order valence-electron chi connectivity index (χ1n) is 10.7. The Morgan fingerprint density at radius 1 is 1.00 bits per heavy atom. The third-order valence-electron chi connectivity index (χ3n) is 5.99. The smallest absolute Gasteiger partial charge is 0.303 e. The SMILES string of the molecule is CC(=O)OC(c1ccc(F)cc1)C1CCN(CC(=O)c2ccc3ccccc3c2)CC1. The summed E-state index contributed by atoms with van der Waals surface area (Å²) in [6, 6.07) is 20.0. The third-order valence-corrected chi connectivity index (χ3v) is 5.99. The highest BCUT2D eigenvalue weighted by atomic mass is 19.1. The first kappa shape index (κ1) is 21.2. The van der Waals surface area contributed by atoms with Gasteiger partial charge < -0.3 is 4.74 Å². The van der Waals surface area contributed by atoms with Crippen molar-refractivity contribution in [3.8, 4) is 0 Å². The zero-order valence-corrected chi connectivity index (χ0v) is 17.6. The Bertz CT molecular complexity index is 1070. The van der Waals surface area contributed by atoms with E-state index in [4.69, 9.17) is 4.74 Å². The van der Waals surface area contributed by atoms with Crippen LogP contribution in [0, 0.1) is 11.7 Å². The van der Waals surface area contributed by atoms with Gasteiger partial charge in [-0.2, -0.15) is 0 Å². The van der Waals surface area contributed by atoms with Gasteiger partial charge in [0.25, 0.3) is 0 Å². The number of Topliss-reactive ketones (excluding diaryl/α,β-unsaturated/α-hetero) is 1. The molecule has 0 spiro atoms. The lowest BCUT2D eigenvalue weighted by Gasteiger charge is -2.35.